The molecule has 0 aliphatic heterocycles. The lowest BCUT2D eigenvalue weighted by molar-refractivity contribution is -0.0639. The van der Waals surface area contributed by atoms with Crippen LogP contribution in [0.15, 0.2) is 28.9 Å². The van der Waals surface area contributed by atoms with Crippen LogP contribution >= 0.6 is 0 Å². The smallest absolute Gasteiger partial charge is 0.276 e. The van der Waals surface area contributed by atoms with Crippen LogP contribution in [-0.2, 0) is 0 Å². The molecule has 2 fully saturated rings. The molecular formula is C29H50O3Si. The third-order valence-corrected chi connectivity index (χ3v) is 15.7. The zero-order valence-corrected chi connectivity index (χ0v) is 23.8. The highest BCUT2D eigenvalue weighted by Crippen LogP contribution is 2.62. The topological polar surface area (TPSA) is 42.6 Å². The van der Waals surface area contributed by atoms with Gasteiger partial charge in [0.2, 0.25) is 0 Å². The van der Waals surface area contributed by atoms with Gasteiger partial charge in [0.25, 0.3) is 14.3 Å². The highest BCUT2D eigenvalue weighted by molar-refractivity contribution is 6.78. The van der Waals surface area contributed by atoms with E-state index < -0.39 is 14.4 Å². The van der Waals surface area contributed by atoms with Gasteiger partial charge in [0.15, 0.2) is 0 Å². The minimum Gasteiger partial charge on any atom is -0.518 e. The summed E-state index contributed by atoms with van der Waals surface area (Å²) in [6, 6.07) is 1.93. The van der Waals surface area contributed by atoms with Gasteiger partial charge >= 0.3 is 0 Å². The Balaban J connectivity index is 1.88. The number of aliphatic hydroxyl groups is 1. The first kappa shape index (κ1) is 26.6. The van der Waals surface area contributed by atoms with E-state index in [2.05, 4.69) is 68.9 Å². The Labute approximate surface area is 204 Å². The van der Waals surface area contributed by atoms with Crippen molar-refractivity contribution in [1.29, 1.82) is 0 Å². The highest BCUT2D eigenvalue weighted by atomic mass is 28.4. The van der Waals surface area contributed by atoms with E-state index in [9.17, 15) is 5.11 Å². The molecule has 3 nitrogen and oxygen atoms in total. The van der Waals surface area contributed by atoms with Gasteiger partial charge in [-0.05, 0) is 77.5 Å². The SMILES string of the molecule is C=C1CC[C@H]2C(C)(C)CCC[C@]2(C)[C@@H]1C[C@H](O)c1ccoc1O[Si](C(C)C)(C(C)C)C(C)C. The molecule has 0 radical (unpaired) electrons. The summed E-state index contributed by atoms with van der Waals surface area (Å²) in [5, 5.41) is 11.5. The van der Waals surface area contributed by atoms with Crippen LogP contribution in [0.3, 0.4) is 0 Å². The molecule has 2 saturated carbocycles. The van der Waals surface area contributed by atoms with Crippen molar-refractivity contribution in [2.75, 3.05) is 0 Å². The molecule has 188 valence electrons. The summed E-state index contributed by atoms with van der Waals surface area (Å²) < 4.78 is 12.8. The lowest BCUT2D eigenvalue weighted by atomic mass is 9.47. The van der Waals surface area contributed by atoms with E-state index in [1.165, 1.54) is 31.3 Å². The van der Waals surface area contributed by atoms with Crippen LogP contribution in [0.5, 0.6) is 5.95 Å². The maximum absolute atomic E-state index is 11.5. The Hall–Kier alpha value is -1.00. The third kappa shape index (κ3) is 4.63. The first-order valence-corrected chi connectivity index (χ1v) is 15.5. The van der Waals surface area contributed by atoms with E-state index in [0.717, 1.165) is 12.0 Å². The van der Waals surface area contributed by atoms with Crippen molar-refractivity contribution in [3.8, 4) is 5.95 Å². The third-order valence-electron chi connectivity index (χ3n) is 9.77. The summed E-state index contributed by atoms with van der Waals surface area (Å²) >= 11 is 0. The summed E-state index contributed by atoms with van der Waals surface area (Å²) in [5.41, 5.74) is 4.07. The van der Waals surface area contributed by atoms with Crippen LogP contribution in [-0.4, -0.2) is 13.4 Å². The minimum absolute atomic E-state index is 0.203. The average Bonchev–Trinajstić information content (AvgIpc) is 3.15. The fourth-order valence-electron chi connectivity index (χ4n) is 8.21. The van der Waals surface area contributed by atoms with E-state index in [4.69, 9.17) is 8.84 Å². The van der Waals surface area contributed by atoms with Gasteiger partial charge in [0.05, 0.1) is 17.9 Å². The van der Waals surface area contributed by atoms with Crippen LogP contribution in [0.25, 0.3) is 0 Å². The second-order valence-electron chi connectivity index (χ2n) is 13.0. The number of aliphatic hydroxyl groups excluding tert-OH is 1. The molecule has 0 unspecified atom stereocenters. The Morgan fingerprint density at radius 1 is 1.09 bits per heavy atom. The molecule has 4 heteroatoms. The van der Waals surface area contributed by atoms with Gasteiger partial charge in [-0.3, -0.25) is 0 Å². The van der Waals surface area contributed by atoms with Crippen molar-refractivity contribution in [3.63, 3.8) is 0 Å². The first-order chi connectivity index (χ1) is 15.3. The lowest BCUT2D eigenvalue weighted by Crippen LogP contribution is -2.51. The molecule has 1 N–H and O–H groups in total. The van der Waals surface area contributed by atoms with Crippen LogP contribution in [0.1, 0.15) is 113 Å². The van der Waals surface area contributed by atoms with Crippen molar-refractivity contribution < 1.29 is 13.9 Å². The summed E-state index contributed by atoms with van der Waals surface area (Å²) in [5.74, 6) is 1.57. The Bertz CT molecular complexity index is 799. The van der Waals surface area contributed by atoms with Gasteiger partial charge in [-0.15, -0.1) is 0 Å². The molecule has 0 spiro atoms. The highest BCUT2D eigenvalue weighted by Gasteiger charge is 2.53. The van der Waals surface area contributed by atoms with Gasteiger partial charge in [-0.2, -0.15) is 0 Å². The van der Waals surface area contributed by atoms with Crippen molar-refractivity contribution in [2.24, 2.45) is 22.7 Å². The van der Waals surface area contributed by atoms with Crippen LogP contribution in [0.2, 0.25) is 16.6 Å². The van der Waals surface area contributed by atoms with E-state index in [-0.39, 0.29) is 5.41 Å². The fraction of sp³-hybridized carbons (Fsp3) is 0.793. The molecule has 33 heavy (non-hydrogen) atoms. The van der Waals surface area contributed by atoms with Gasteiger partial charge in [-0.1, -0.05) is 80.9 Å². The number of furan rings is 1. The van der Waals surface area contributed by atoms with Gasteiger partial charge in [0.1, 0.15) is 0 Å². The standard InChI is InChI=1S/C29H50O3Si/c1-19(2)33(20(3)4,21(5)6)32-27-23(14-17-31-27)25(30)18-24-22(7)12-13-26-28(8,9)15-11-16-29(24,26)10/h14,17,19-21,24-26,30H,7,11-13,15-16,18H2,1-6,8-10H3/t24-,25+,26+,29-/m1/s1. The minimum atomic E-state index is -2.16. The van der Waals surface area contributed by atoms with Gasteiger partial charge < -0.3 is 13.9 Å². The van der Waals surface area contributed by atoms with Crippen LogP contribution < -0.4 is 4.43 Å². The predicted molar refractivity (Wildman–Crippen MR) is 141 cm³/mol. The molecule has 1 aromatic heterocycles. The largest absolute Gasteiger partial charge is 0.518 e. The predicted octanol–water partition coefficient (Wildman–Crippen LogP) is 9.06. The molecule has 1 aromatic rings. The van der Waals surface area contributed by atoms with Crippen molar-refractivity contribution in [1.82, 2.24) is 0 Å². The Kier molecular flexibility index (Phi) is 7.71. The van der Waals surface area contributed by atoms with E-state index in [1.54, 1.807) is 6.26 Å². The fourth-order valence-corrected chi connectivity index (χ4v) is 13.4. The average molecular weight is 475 g/mol. The van der Waals surface area contributed by atoms with E-state index in [0.29, 0.717) is 46.2 Å². The zero-order valence-electron chi connectivity index (χ0n) is 22.8. The van der Waals surface area contributed by atoms with Crippen molar-refractivity contribution >= 4 is 8.32 Å². The number of allylic oxidation sites excluding steroid dienone is 1. The second kappa shape index (κ2) is 9.57. The molecule has 0 aromatic carbocycles. The number of fused-ring (bicyclic) bond motifs is 1. The van der Waals surface area contributed by atoms with Crippen LogP contribution in [0, 0.1) is 22.7 Å². The monoisotopic (exact) mass is 474 g/mol. The first-order valence-electron chi connectivity index (χ1n) is 13.4. The van der Waals surface area contributed by atoms with Crippen LogP contribution in [0.4, 0.5) is 0 Å². The summed E-state index contributed by atoms with van der Waals surface area (Å²) in [6.07, 6.45) is 7.93. The number of hydrogen-bond donors (Lipinski definition) is 1. The summed E-state index contributed by atoms with van der Waals surface area (Å²) in [7, 11) is -2.16. The summed E-state index contributed by atoms with van der Waals surface area (Å²) in [6.45, 7) is 25.6. The maximum atomic E-state index is 11.5. The molecule has 0 bridgehead atoms. The molecule has 0 saturated heterocycles. The zero-order chi connectivity index (χ0) is 24.8. The van der Waals surface area contributed by atoms with E-state index >= 15 is 0 Å². The molecule has 4 atom stereocenters. The molecule has 3 rings (SSSR count). The van der Waals surface area contributed by atoms with Crippen molar-refractivity contribution in [3.05, 3.63) is 30.0 Å². The van der Waals surface area contributed by atoms with E-state index in [1.807, 2.05) is 6.07 Å². The molecule has 1 heterocycles. The van der Waals surface area contributed by atoms with Gasteiger partial charge in [0, 0.05) is 0 Å². The van der Waals surface area contributed by atoms with Gasteiger partial charge in [-0.25, -0.2) is 0 Å². The molecule has 2 aliphatic carbocycles. The quantitative estimate of drug-likeness (QED) is 0.302. The lowest BCUT2D eigenvalue weighted by Gasteiger charge is -2.58. The molecule has 0 amide bonds. The maximum Gasteiger partial charge on any atom is 0.276 e. The molecular weight excluding hydrogens is 424 g/mol. The summed E-state index contributed by atoms with van der Waals surface area (Å²) in [4.78, 5) is 0. The second-order valence-corrected chi connectivity index (χ2v) is 18.4. The Morgan fingerprint density at radius 3 is 2.27 bits per heavy atom. The number of hydrogen-bond acceptors (Lipinski definition) is 3. The normalized spacial score (nSPS) is 28.9. The number of rotatable bonds is 8. The Morgan fingerprint density at radius 2 is 1.70 bits per heavy atom. The van der Waals surface area contributed by atoms with Crippen molar-refractivity contribution in [2.45, 2.75) is 124 Å². The molecule has 2 aliphatic rings.